The molecule has 1 unspecified atom stereocenters. The second-order valence-corrected chi connectivity index (χ2v) is 15.4. The number of hydrogen-bond donors (Lipinski definition) is 0. The maximum Gasteiger partial charge on any atom is 0.306 e. The quantitative estimate of drug-likeness (QED) is 0.0287. The molecule has 46 heavy (non-hydrogen) atoms. The SMILES string of the molecule is CCCCCCCCCCCCCCCCCCC(=O)OC[C@H](COP(=O)([O-])OCC[N+](C)(C)C)OC(=O)CCCCCCCC. The van der Waals surface area contributed by atoms with Gasteiger partial charge in [0.1, 0.15) is 19.8 Å². The highest BCUT2D eigenvalue weighted by atomic mass is 31.2. The van der Waals surface area contributed by atoms with E-state index in [9.17, 15) is 19.0 Å². The summed E-state index contributed by atoms with van der Waals surface area (Å²) in [6, 6.07) is 0. The van der Waals surface area contributed by atoms with Gasteiger partial charge < -0.3 is 27.9 Å². The van der Waals surface area contributed by atoms with Gasteiger partial charge in [-0.25, -0.2) is 0 Å². The van der Waals surface area contributed by atoms with Gasteiger partial charge in [-0.1, -0.05) is 142 Å². The summed E-state index contributed by atoms with van der Waals surface area (Å²) < 4.78 is 33.6. The van der Waals surface area contributed by atoms with Crippen LogP contribution in [0.15, 0.2) is 0 Å². The minimum Gasteiger partial charge on any atom is -0.756 e. The van der Waals surface area contributed by atoms with Crippen molar-refractivity contribution in [1.82, 2.24) is 0 Å². The van der Waals surface area contributed by atoms with Crippen molar-refractivity contribution >= 4 is 19.8 Å². The fourth-order valence-corrected chi connectivity index (χ4v) is 5.85. The molecule has 9 nitrogen and oxygen atoms in total. The molecule has 0 bridgehead atoms. The molecule has 0 heterocycles. The van der Waals surface area contributed by atoms with Crippen LogP contribution < -0.4 is 4.89 Å². The first-order valence-electron chi connectivity index (χ1n) is 18.7. The summed E-state index contributed by atoms with van der Waals surface area (Å²) in [5.74, 6) is -0.837. The van der Waals surface area contributed by atoms with Gasteiger partial charge in [-0.2, -0.15) is 0 Å². The number of nitrogens with zero attached hydrogens (tertiary/aromatic N) is 1. The highest BCUT2D eigenvalue weighted by Gasteiger charge is 2.21. The van der Waals surface area contributed by atoms with E-state index in [1.807, 2.05) is 21.1 Å². The Hall–Kier alpha value is -0.990. The van der Waals surface area contributed by atoms with Gasteiger partial charge in [0.25, 0.3) is 7.82 Å². The van der Waals surface area contributed by atoms with Crippen LogP contribution in [-0.2, 0) is 32.7 Å². The third-order valence-corrected chi connectivity index (χ3v) is 9.09. The largest absolute Gasteiger partial charge is 0.756 e. The maximum atomic E-state index is 12.4. The van der Waals surface area contributed by atoms with Crippen LogP contribution in [-0.4, -0.2) is 70.0 Å². The fourth-order valence-electron chi connectivity index (χ4n) is 5.12. The van der Waals surface area contributed by atoms with Crippen LogP contribution in [0, 0.1) is 0 Å². The molecule has 0 aromatic carbocycles. The summed E-state index contributed by atoms with van der Waals surface area (Å²) >= 11 is 0. The minimum absolute atomic E-state index is 0.0267. The molecular weight excluding hydrogens is 605 g/mol. The highest BCUT2D eigenvalue weighted by Crippen LogP contribution is 2.38. The lowest BCUT2D eigenvalue weighted by atomic mass is 10.0. The van der Waals surface area contributed by atoms with Crippen molar-refractivity contribution < 1.29 is 42.1 Å². The van der Waals surface area contributed by atoms with E-state index in [4.69, 9.17) is 18.5 Å². The topological polar surface area (TPSA) is 111 Å². The van der Waals surface area contributed by atoms with Crippen LogP contribution in [0.1, 0.15) is 168 Å². The maximum absolute atomic E-state index is 12.4. The summed E-state index contributed by atoms with van der Waals surface area (Å²) in [4.78, 5) is 37.0. The van der Waals surface area contributed by atoms with Gasteiger partial charge in [0.2, 0.25) is 0 Å². The zero-order valence-corrected chi connectivity index (χ0v) is 31.4. The first-order valence-corrected chi connectivity index (χ1v) is 20.2. The number of phosphoric ester groups is 1. The van der Waals surface area contributed by atoms with E-state index in [0.717, 1.165) is 44.9 Å². The molecule has 0 fully saturated rings. The molecule has 0 aliphatic carbocycles. The van der Waals surface area contributed by atoms with E-state index >= 15 is 0 Å². The van der Waals surface area contributed by atoms with E-state index in [0.29, 0.717) is 17.4 Å². The molecule has 0 saturated heterocycles. The second-order valence-electron chi connectivity index (χ2n) is 14.0. The van der Waals surface area contributed by atoms with Gasteiger partial charge in [-0.15, -0.1) is 0 Å². The van der Waals surface area contributed by atoms with Crippen LogP contribution in [0.3, 0.4) is 0 Å². The van der Waals surface area contributed by atoms with Gasteiger partial charge in [-0.3, -0.25) is 14.2 Å². The van der Waals surface area contributed by atoms with Gasteiger partial charge >= 0.3 is 11.9 Å². The fraction of sp³-hybridized carbons (Fsp3) is 0.944. The summed E-state index contributed by atoms with van der Waals surface area (Å²) in [5, 5.41) is 0. The molecule has 0 aliphatic rings. The van der Waals surface area contributed by atoms with Gasteiger partial charge in [-0.05, 0) is 12.8 Å². The molecule has 0 spiro atoms. The number of carbonyl (C=O) groups is 2. The lowest BCUT2D eigenvalue weighted by molar-refractivity contribution is -0.870. The molecule has 0 radical (unpaired) electrons. The van der Waals surface area contributed by atoms with Gasteiger partial charge in [0.05, 0.1) is 27.7 Å². The Bertz CT molecular complexity index is 774. The number of hydrogen-bond acceptors (Lipinski definition) is 8. The Morgan fingerprint density at radius 1 is 0.587 bits per heavy atom. The lowest BCUT2D eigenvalue weighted by Crippen LogP contribution is -2.37. The normalized spacial score (nSPS) is 13.8. The van der Waals surface area contributed by atoms with Crippen LogP contribution in [0.2, 0.25) is 0 Å². The van der Waals surface area contributed by atoms with E-state index in [2.05, 4.69) is 13.8 Å². The predicted octanol–water partition coefficient (Wildman–Crippen LogP) is 9.05. The third-order valence-electron chi connectivity index (χ3n) is 8.13. The Morgan fingerprint density at radius 2 is 0.978 bits per heavy atom. The van der Waals surface area contributed by atoms with Crippen LogP contribution in [0.25, 0.3) is 0 Å². The van der Waals surface area contributed by atoms with Crippen molar-refractivity contribution in [2.45, 2.75) is 174 Å². The summed E-state index contributed by atoms with van der Waals surface area (Å²) in [6.45, 7) is 4.16. The number of unbranched alkanes of at least 4 members (excludes halogenated alkanes) is 20. The zero-order valence-electron chi connectivity index (χ0n) is 30.5. The minimum atomic E-state index is -4.60. The Morgan fingerprint density at radius 3 is 1.39 bits per heavy atom. The van der Waals surface area contributed by atoms with Crippen molar-refractivity contribution in [2.75, 3.05) is 47.5 Å². The summed E-state index contributed by atoms with van der Waals surface area (Å²) in [5.41, 5.74) is 0. The Kier molecular flexibility index (Phi) is 29.4. The summed E-state index contributed by atoms with van der Waals surface area (Å²) in [7, 11) is 1.17. The first kappa shape index (κ1) is 45.0. The highest BCUT2D eigenvalue weighted by molar-refractivity contribution is 7.45. The van der Waals surface area contributed by atoms with Crippen molar-refractivity contribution in [1.29, 1.82) is 0 Å². The number of carbonyl (C=O) groups excluding carboxylic acids is 2. The van der Waals surface area contributed by atoms with Crippen molar-refractivity contribution in [2.24, 2.45) is 0 Å². The van der Waals surface area contributed by atoms with E-state index in [1.165, 1.54) is 89.9 Å². The summed E-state index contributed by atoms with van der Waals surface area (Å²) in [6.07, 6.45) is 25.9. The Labute approximate surface area is 283 Å². The van der Waals surface area contributed by atoms with Crippen LogP contribution in [0.5, 0.6) is 0 Å². The number of ether oxygens (including phenoxy) is 2. The molecule has 0 aromatic heterocycles. The molecule has 0 amide bonds. The first-order chi connectivity index (χ1) is 22.0. The molecule has 0 aromatic rings. The molecule has 274 valence electrons. The number of quaternary nitrogens is 1. The van der Waals surface area contributed by atoms with E-state index in [-0.39, 0.29) is 32.0 Å². The average molecular weight is 678 g/mol. The molecule has 0 rings (SSSR count). The number of rotatable bonds is 34. The van der Waals surface area contributed by atoms with Crippen LogP contribution in [0.4, 0.5) is 0 Å². The Balaban J connectivity index is 4.25. The number of likely N-dealkylation sites (N-methyl/N-ethyl adjacent to an activating group) is 1. The average Bonchev–Trinajstić information content (AvgIpc) is 2.99. The smallest absolute Gasteiger partial charge is 0.306 e. The standard InChI is InChI=1S/C36H72NO8P/c1-6-8-10-12-14-15-16-17-18-19-20-21-22-23-25-26-28-35(38)42-32-34(45-36(39)29-27-24-13-11-9-7-2)33-44-46(40,41)43-31-30-37(3,4)5/h34H,6-33H2,1-5H3/t34-/m1/s1. The molecule has 0 saturated carbocycles. The third kappa shape index (κ3) is 32.9. The number of phosphoric acid groups is 1. The predicted molar refractivity (Wildman–Crippen MR) is 185 cm³/mol. The monoisotopic (exact) mass is 677 g/mol. The van der Waals surface area contributed by atoms with E-state index in [1.54, 1.807) is 0 Å². The second kappa shape index (κ2) is 30.1. The molecule has 10 heteroatoms. The van der Waals surface area contributed by atoms with Crippen molar-refractivity contribution in [3.8, 4) is 0 Å². The zero-order chi connectivity index (χ0) is 34.4. The molecule has 0 aliphatic heterocycles. The molecule has 2 atom stereocenters. The van der Waals surface area contributed by atoms with Gasteiger partial charge in [0, 0.05) is 12.8 Å². The number of esters is 2. The van der Waals surface area contributed by atoms with Crippen molar-refractivity contribution in [3.05, 3.63) is 0 Å². The lowest BCUT2D eigenvalue weighted by Gasteiger charge is -2.28. The molecule has 0 N–H and O–H groups in total. The van der Waals surface area contributed by atoms with Crippen LogP contribution >= 0.6 is 7.82 Å². The van der Waals surface area contributed by atoms with Gasteiger partial charge in [0.15, 0.2) is 6.10 Å². The van der Waals surface area contributed by atoms with Crippen molar-refractivity contribution in [3.63, 3.8) is 0 Å². The van der Waals surface area contributed by atoms with E-state index < -0.39 is 26.5 Å². The molecular formula is C36H72NO8P.